The fraction of sp³-hybridized carbons (Fsp3) is 0.182. The van der Waals surface area contributed by atoms with E-state index in [1.165, 1.54) is 16.5 Å². The third-order valence-electron chi connectivity index (χ3n) is 2.40. The van der Waals surface area contributed by atoms with Crippen LogP contribution in [-0.2, 0) is 0 Å². The number of nitrogens with two attached hydrogens (primary N) is 1. The number of benzene rings is 1. The molecule has 0 aliphatic rings. The van der Waals surface area contributed by atoms with Gasteiger partial charge < -0.3 is 5.43 Å². The molecule has 1 aromatic carbocycles. The van der Waals surface area contributed by atoms with Gasteiger partial charge in [0, 0.05) is 5.39 Å². The number of hydrogen-bond donors (Lipinski definition) is 2. The van der Waals surface area contributed by atoms with Crippen molar-refractivity contribution >= 4 is 16.7 Å². The number of nitrogens with zero attached hydrogens (tertiary/aromatic N) is 1. The summed E-state index contributed by atoms with van der Waals surface area (Å²) in [5, 5.41) is 1.18. The summed E-state index contributed by atoms with van der Waals surface area (Å²) in [6, 6.07) is 8.11. The van der Waals surface area contributed by atoms with Crippen LogP contribution < -0.4 is 11.3 Å². The number of hydrogen-bond acceptors (Lipinski definition) is 3. The number of hydrazine groups is 1. The minimum absolute atomic E-state index is 0.712. The molecule has 0 unspecified atom stereocenters. The first-order valence-electron chi connectivity index (χ1n) is 4.56. The van der Waals surface area contributed by atoms with Crippen LogP contribution in [0.25, 0.3) is 10.9 Å². The predicted octanol–water partition coefficient (Wildman–Crippen LogP) is 2.14. The van der Waals surface area contributed by atoms with Gasteiger partial charge in [-0.25, -0.2) is 10.8 Å². The molecule has 0 amide bonds. The summed E-state index contributed by atoms with van der Waals surface area (Å²) < 4.78 is 0. The second-order valence-corrected chi connectivity index (χ2v) is 3.44. The Bertz CT molecular complexity index is 477. The average Bonchev–Trinajstić information content (AvgIpc) is 2.19. The van der Waals surface area contributed by atoms with E-state index in [9.17, 15) is 0 Å². The van der Waals surface area contributed by atoms with Crippen LogP contribution in [0.4, 0.5) is 5.82 Å². The van der Waals surface area contributed by atoms with Crippen molar-refractivity contribution < 1.29 is 0 Å². The Morgan fingerprint density at radius 3 is 2.71 bits per heavy atom. The van der Waals surface area contributed by atoms with E-state index >= 15 is 0 Å². The van der Waals surface area contributed by atoms with Crippen LogP contribution >= 0.6 is 0 Å². The predicted molar refractivity (Wildman–Crippen MR) is 59.0 cm³/mol. The van der Waals surface area contributed by atoms with Gasteiger partial charge in [-0.15, -0.1) is 0 Å². The topological polar surface area (TPSA) is 50.9 Å². The maximum atomic E-state index is 5.35. The van der Waals surface area contributed by atoms with Crippen LogP contribution in [0, 0.1) is 13.8 Å². The van der Waals surface area contributed by atoms with Gasteiger partial charge in [0.05, 0.1) is 5.52 Å². The van der Waals surface area contributed by atoms with Crippen molar-refractivity contribution in [1.29, 1.82) is 0 Å². The monoisotopic (exact) mass is 187 g/mol. The minimum Gasteiger partial charge on any atom is -0.308 e. The Hall–Kier alpha value is -1.61. The van der Waals surface area contributed by atoms with Crippen LogP contribution in [0.2, 0.25) is 0 Å². The lowest BCUT2D eigenvalue weighted by atomic mass is 10.1. The van der Waals surface area contributed by atoms with E-state index in [1.807, 2.05) is 12.1 Å². The maximum absolute atomic E-state index is 5.35. The first kappa shape index (κ1) is 8.97. The van der Waals surface area contributed by atoms with E-state index < -0.39 is 0 Å². The third kappa shape index (κ3) is 1.32. The first-order chi connectivity index (χ1) is 6.72. The highest BCUT2D eigenvalue weighted by Crippen LogP contribution is 2.22. The van der Waals surface area contributed by atoms with Gasteiger partial charge in [-0.3, -0.25) is 0 Å². The lowest BCUT2D eigenvalue weighted by Gasteiger charge is -2.07. The Morgan fingerprint density at radius 2 is 2.00 bits per heavy atom. The highest BCUT2D eigenvalue weighted by Gasteiger charge is 2.03. The number of pyridine rings is 1. The third-order valence-corrected chi connectivity index (χ3v) is 2.40. The van der Waals surface area contributed by atoms with Gasteiger partial charge >= 0.3 is 0 Å². The van der Waals surface area contributed by atoms with E-state index in [2.05, 4.69) is 36.4 Å². The molecule has 0 aliphatic carbocycles. The summed E-state index contributed by atoms with van der Waals surface area (Å²) in [6.45, 7) is 4.11. The zero-order valence-corrected chi connectivity index (χ0v) is 8.33. The zero-order valence-electron chi connectivity index (χ0n) is 8.33. The number of nitrogen functional groups attached to an aromatic ring is 1. The summed E-state index contributed by atoms with van der Waals surface area (Å²) in [6.07, 6.45) is 0. The second-order valence-electron chi connectivity index (χ2n) is 3.44. The number of nitrogens with one attached hydrogen (secondary N) is 1. The molecule has 0 radical (unpaired) electrons. The molecule has 0 atom stereocenters. The molecule has 0 saturated carbocycles. The molecule has 14 heavy (non-hydrogen) atoms. The van der Waals surface area contributed by atoms with Crippen molar-refractivity contribution in [2.75, 3.05) is 5.43 Å². The molecular formula is C11H13N3. The molecule has 3 heteroatoms. The van der Waals surface area contributed by atoms with Crippen LogP contribution in [0.15, 0.2) is 24.3 Å². The Kier molecular flexibility index (Phi) is 2.09. The summed E-state index contributed by atoms with van der Waals surface area (Å²) in [7, 11) is 0. The molecule has 3 N–H and O–H groups in total. The molecule has 0 fully saturated rings. The SMILES string of the molecule is Cc1cc(NN)nc2c(C)cccc12. The van der Waals surface area contributed by atoms with Gasteiger partial charge in [0.1, 0.15) is 5.82 Å². The Morgan fingerprint density at radius 1 is 1.21 bits per heavy atom. The van der Waals surface area contributed by atoms with Crippen LogP contribution in [0.5, 0.6) is 0 Å². The number of para-hydroxylation sites is 1. The van der Waals surface area contributed by atoms with Gasteiger partial charge in [-0.2, -0.15) is 0 Å². The number of fused-ring (bicyclic) bond motifs is 1. The standard InChI is InChI=1S/C11H13N3/c1-7-4-3-5-9-8(2)6-10(14-12)13-11(7)9/h3-6H,12H2,1-2H3,(H,13,14). The van der Waals surface area contributed by atoms with E-state index in [0.717, 1.165) is 5.52 Å². The lowest BCUT2D eigenvalue weighted by molar-refractivity contribution is 1.24. The van der Waals surface area contributed by atoms with E-state index in [0.29, 0.717) is 5.82 Å². The Balaban J connectivity index is 2.83. The van der Waals surface area contributed by atoms with Gasteiger partial charge in [-0.05, 0) is 31.0 Å². The van der Waals surface area contributed by atoms with Crippen molar-refractivity contribution in [2.45, 2.75) is 13.8 Å². The molecule has 0 bridgehead atoms. The van der Waals surface area contributed by atoms with E-state index in [1.54, 1.807) is 0 Å². The normalized spacial score (nSPS) is 10.5. The summed E-state index contributed by atoms with van der Waals surface area (Å²) >= 11 is 0. The van der Waals surface area contributed by atoms with E-state index in [-0.39, 0.29) is 0 Å². The van der Waals surface area contributed by atoms with Crippen molar-refractivity contribution in [3.05, 3.63) is 35.4 Å². The fourth-order valence-corrected chi connectivity index (χ4v) is 1.64. The van der Waals surface area contributed by atoms with Crippen molar-refractivity contribution in [1.82, 2.24) is 4.98 Å². The molecule has 0 saturated heterocycles. The summed E-state index contributed by atoms with van der Waals surface area (Å²) in [4.78, 5) is 4.42. The molecule has 3 nitrogen and oxygen atoms in total. The molecule has 2 aromatic rings. The molecule has 72 valence electrons. The highest BCUT2D eigenvalue weighted by atomic mass is 15.2. The summed E-state index contributed by atoms with van der Waals surface area (Å²) in [5.74, 6) is 6.06. The first-order valence-corrected chi connectivity index (χ1v) is 4.56. The molecule has 2 rings (SSSR count). The summed E-state index contributed by atoms with van der Waals surface area (Å²) in [5.41, 5.74) is 5.95. The van der Waals surface area contributed by atoms with Crippen molar-refractivity contribution in [2.24, 2.45) is 5.84 Å². The number of rotatable bonds is 1. The molecule has 0 spiro atoms. The van der Waals surface area contributed by atoms with Crippen LogP contribution in [0.1, 0.15) is 11.1 Å². The molecule has 1 aromatic heterocycles. The maximum Gasteiger partial charge on any atom is 0.140 e. The number of aryl methyl sites for hydroxylation is 2. The smallest absolute Gasteiger partial charge is 0.140 e. The quantitative estimate of drug-likeness (QED) is 0.531. The largest absolute Gasteiger partial charge is 0.308 e. The van der Waals surface area contributed by atoms with Crippen molar-refractivity contribution in [3.8, 4) is 0 Å². The van der Waals surface area contributed by atoms with E-state index in [4.69, 9.17) is 5.84 Å². The van der Waals surface area contributed by atoms with Crippen LogP contribution in [-0.4, -0.2) is 4.98 Å². The number of anilines is 1. The second kappa shape index (κ2) is 3.27. The van der Waals surface area contributed by atoms with Gasteiger partial charge in [-0.1, -0.05) is 18.2 Å². The van der Waals surface area contributed by atoms with Gasteiger partial charge in [0.25, 0.3) is 0 Å². The van der Waals surface area contributed by atoms with Gasteiger partial charge in [0.2, 0.25) is 0 Å². The fourth-order valence-electron chi connectivity index (χ4n) is 1.64. The average molecular weight is 187 g/mol. The lowest BCUT2D eigenvalue weighted by Crippen LogP contribution is -2.08. The van der Waals surface area contributed by atoms with Crippen molar-refractivity contribution in [3.63, 3.8) is 0 Å². The minimum atomic E-state index is 0.712. The zero-order chi connectivity index (χ0) is 10.1. The number of aromatic nitrogens is 1. The molecular weight excluding hydrogens is 174 g/mol. The van der Waals surface area contributed by atoms with Crippen LogP contribution in [0.3, 0.4) is 0 Å². The molecule has 0 aliphatic heterocycles. The Labute approximate surface area is 82.9 Å². The van der Waals surface area contributed by atoms with Gasteiger partial charge in [0.15, 0.2) is 0 Å². The highest BCUT2D eigenvalue weighted by molar-refractivity contribution is 5.86. The molecule has 1 heterocycles.